The third-order valence-corrected chi connectivity index (χ3v) is 1.53. The highest BCUT2D eigenvalue weighted by Gasteiger charge is 1.98. The fraction of sp³-hybridized carbons (Fsp3) is 0.667. The number of ether oxygens (including phenoxy) is 2. The van der Waals surface area contributed by atoms with E-state index in [0.29, 0.717) is 26.2 Å². The quantitative estimate of drug-likeness (QED) is 0.272. The van der Waals surface area contributed by atoms with Gasteiger partial charge in [-0.3, -0.25) is 14.4 Å². The van der Waals surface area contributed by atoms with Crippen molar-refractivity contribution in [3.63, 3.8) is 0 Å². The average molecular weight is 247 g/mol. The number of carbonyl (C=O) groups is 3. The normalized spacial score (nSPS) is 9.65. The van der Waals surface area contributed by atoms with Gasteiger partial charge in [0.2, 0.25) is 18.2 Å². The first-order valence-corrected chi connectivity index (χ1v) is 5.04. The predicted molar refractivity (Wildman–Crippen MR) is 57.9 cm³/mol. The number of primary amides is 1. The molecule has 0 saturated heterocycles. The lowest BCUT2D eigenvalue weighted by molar-refractivity contribution is -0.123. The van der Waals surface area contributed by atoms with Crippen molar-refractivity contribution in [2.75, 3.05) is 39.5 Å². The van der Waals surface area contributed by atoms with Gasteiger partial charge in [0.15, 0.2) is 0 Å². The van der Waals surface area contributed by atoms with Crippen molar-refractivity contribution in [3.05, 3.63) is 0 Å². The highest BCUT2D eigenvalue weighted by molar-refractivity contribution is 5.79. The summed E-state index contributed by atoms with van der Waals surface area (Å²) >= 11 is 0. The van der Waals surface area contributed by atoms with Crippen LogP contribution >= 0.6 is 0 Å². The Morgan fingerprint density at radius 3 is 2.53 bits per heavy atom. The molecule has 0 aliphatic heterocycles. The van der Waals surface area contributed by atoms with Crippen LogP contribution in [0.4, 0.5) is 0 Å². The lowest BCUT2D eigenvalue weighted by Gasteiger charge is -2.06. The summed E-state index contributed by atoms with van der Waals surface area (Å²) in [5.41, 5.74) is 4.85. The second-order valence-corrected chi connectivity index (χ2v) is 2.98. The monoisotopic (exact) mass is 247 g/mol. The first kappa shape index (κ1) is 15.3. The van der Waals surface area contributed by atoms with Gasteiger partial charge in [-0.05, 0) is 0 Å². The average Bonchev–Trinajstić information content (AvgIpc) is 2.29. The molecule has 0 heterocycles. The maximum atomic E-state index is 10.9. The molecular weight excluding hydrogens is 230 g/mol. The molecule has 0 rings (SSSR count). The Morgan fingerprint density at radius 1 is 1.18 bits per heavy atom. The minimum absolute atomic E-state index is 0.0504. The van der Waals surface area contributed by atoms with E-state index in [2.05, 4.69) is 10.6 Å². The van der Waals surface area contributed by atoms with Crippen molar-refractivity contribution in [2.24, 2.45) is 5.73 Å². The molecule has 0 aliphatic carbocycles. The number of hydrogen-bond donors (Lipinski definition) is 3. The standard InChI is InChI=1S/C9H17N3O5/c10-8(14)6-17-4-3-16-2-1-12-9(15)5-11-7-13/h7H,1-6H2,(H2,10,14)(H,11,13)(H,12,15). The van der Waals surface area contributed by atoms with Gasteiger partial charge < -0.3 is 25.8 Å². The van der Waals surface area contributed by atoms with Crippen LogP contribution in [-0.4, -0.2) is 57.7 Å². The first-order valence-electron chi connectivity index (χ1n) is 5.04. The highest BCUT2D eigenvalue weighted by Crippen LogP contribution is 1.78. The number of amides is 3. The van der Waals surface area contributed by atoms with E-state index in [1.54, 1.807) is 0 Å². The van der Waals surface area contributed by atoms with Gasteiger partial charge in [-0.15, -0.1) is 0 Å². The van der Waals surface area contributed by atoms with E-state index < -0.39 is 5.91 Å². The first-order chi connectivity index (χ1) is 8.16. The number of carbonyl (C=O) groups excluding carboxylic acids is 3. The van der Waals surface area contributed by atoms with Crippen molar-refractivity contribution in [2.45, 2.75) is 0 Å². The van der Waals surface area contributed by atoms with E-state index >= 15 is 0 Å². The zero-order chi connectivity index (χ0) is 12.9. The summed E-state index contributed by atoms with van der Waals surface area (Å²) in [4.78, 5) is 31.1. The molecule has 8 heteroatoms. The molecule has 0 radical (unpaired) electrons. The summed E-state index contributed by atoms with van der Waals surface area (Å²) in [6.07, 6.45) is 0.451. The van der Waals surface area contributed by atoms with Gasteiger partial charge in [0.05, 0.1) is 26.4 Å². The Labute approximate surface area is 98.8 Å². The second kappa shape index (κ2) is 10.8. The molecule has 0 aromatic carbocycles. The molecule has 0 fully saturated rings. The molecule has 0 aliphatic rings. The van der Waals surface area contributed by atoms with Crippen LogP contribution in [-0.2, 0) is 23.9 Å². The molecule has 3 amide bonds. The summed E-state index contributed by atoms with van der Waals surface area (Å²) in [6.45, 7) is 1.07. The number of nitrogens with one attached hydrogen (secondary N) is 2. The van der Waals surface area contributed by atoms with Crippen LogP contribution < -0.4 is 16.4 Å². The molecule has 0 aromatic rings. The second-order valence-electron chi connectivity index (χ2n) is 2.98. The van der Waals surface area contributed by atoms with Crippen molar-refractivity contribution >= 4 is 18.2 Å². The third kappa shape index (κ3) is 12.3. The van der Waals surface area contributed by atoms with Gasteiger partial charge in [0.1, 0.15) is 6.61 Å². The minimum atomic E-state index is -0.528. The Bertz CT molecular complexity index is 247. The number of nitrogens with two attached hydrogens (primary N) is 1. The largest absolute Gasteiger partial charge is 0.377 e. The van der Waals surface area contributed by atoms with Crippen molar-refractivity contribution in [1.29, 1.82) is 0 Å². The lowest BCUT2D eigenvalue weighted by Crippen LogP contribution is -2.35. The molecule has 0 unspecified atom stereocenters. The fourth-order valence-corrected chi connectivity index (χ4v) is 0.852. The Hall–Kier alpha value is -1.67. The zero-order valence-electron chi connectivity index (χ0n) is 9.44. The van der Waals surface area contributed by atoms with Gasteiger partial charge in [-0.1, -0.05) is 0 Å². The van der Waals surface area contributed by atoms with Crippen LogP contribution in [0.3, 0.4) is 0 Å². The lowest BCUT2D eigenvalue weighted by atomic mass is 10.5. The number of hydrogen-bond acceptors (Lipinski definition) is 5. The van der Waals surface area contributed by atoms with E-state index in [0.717, 1.165) is 0 Å². The van der Waals surface area contributed by atoms with Crippen molar-refractivity contribution < 1.29 is 23.9 Å². The molecule has 98 valence electrons. The maximum Gasteiger partial charge on any atom is 0.243 e. The number of rotatable bonds is 11. The van der Waals surface area contributed by atoms with Crippen LogP contribution in [0.2, 0.25) is 0 Å². The van der Waals surface area contributed by atoms with E-state index in [9.17, 15) is 14.4 Å². The summed E-state index contributed by atoms with van der Waals surface area (Å²) in [7, 11) is 0. The van der Waals surface area contributed by atoms with E-state index in [-0.39, 0.29) is 25.7 Å². The van der Waals surface area contributed by atoms with E-state index in [1.165, 1.54) is 0 Å². The summed E-state index contributed by atoms with van der Waals surface area (Å²) in [6, 6.07) is 0. The molecule has 0 spiro atoms. The molecule has 0 atom stereocenters. The van der Waals surface area contributed by atoms with Gasteiger partial charge in [-0.25, -0.2) is 0 Å². The van der Waals surface area contributed by atoms with Crippen molar-refractivity contribution in [1.82, 2.24) is 10.6 Å². The third-order valence-electron chi connectivity index (χ3n) is 1.53. The van der Waals surface area contributed by atoms with Crippen LogP contribution in [0.1, 0.15) is 0 Å². The summed E-state index contributed by atoms with van der Waals surface area (Å²) < 4.78 is 9.93. The Morgan fingerprint density at radius 2 is 1.88 bits per heavy atom. The van der Waals surface area contributed by atoms with Gasteiger partial charge in [0, 0.05) is 6.54 Å². The smallest absolute Gasteiger partial charge is 0.243 e. The SMILES string of the molecule is NC(=O)COCCOCCNC(=O)CNC=O. The van der Waals surface area contributed by atoms with E-state index in [1.807, 2.05) is 0 Å². The minimum Gasteiger partial charge on any atom is -0.377 e. The molecule has 17 heavy (non-hydrogen) atoms. The van der Waals surface area contributed by atoms with Crippen LogP contribution in [0.25, 0.3) is 0 Å². The van der Waals surface area contributed by atoms with Crippen LogP contribution in [0, 0.1) is 0 Å². The molecule has 0 aromatic heterocycles. The van der Waals surface area contributed by atoms with Crippen molar-refractivity contribution in [3.8, 4) is 0 Å². The molecule has 0 saturated carbocycles. The van der Waals surface area contributed by atoms with E-state index in [4.69, 9.17) is 15.2 Å². The van der Waals surface area contributed by atoms with Gasteiger partial charge in [0.25, 0.3) is 0 Å². The maximum absolute atomic E-state index is 10.9. The summed E-state index contributed by atoms with van der Waals surface area (Å²) in [5.74, 6) is -0.814. The predicted octanol–water partition coefficient (Wildman–Crippen LogP) is -2.63. The molecule has 4 N–H and O–H groups in total. The Kier molecular flexibility index (Phi) is 9.77. The zero-order valence-corrected chi connectivity index (χ0v) is 9.44. The van der Waals surface area contributed by atoms with Gasteiger partial charge in [-0.2, -0.15) is 0 Å². The summed E-state index contributed by atoms with van der Waals surface area (Å²) in [5, 5.41) is 4.76. The topological polar surface area (TPSA) is 120 Å². The molecule has 0 bridgehead atoms. The molecular formula is C9H17N3O5. The van der Waals surface area contributed by atoms with Crippen LogP contribution in [0.15, 0.2) is 0 Å². The van der Waals surface area contributed by atoms with Gasteiger partial charge >= 0.3 is 0 Å². The van der Waals surface area contributed by atoms with Crippen LogP contribution in [0.5, 0.6) is 0 Å². The Balaban J connectivity index is 3.15. The fourth-order valence-electron chi connectivity index (χ4n) is 0.852. The highest BCUT2D eigenvalue weighted by atomic mass is 16.5. The molecule has 8 nitrogen and oxygen atoms in total.